The first-order valence-corrected chi connectivity index (χ1v) is 3.50. The van der Waals surface area contributed by atoms with Gasteiger partial charge in [-0.2, -0.15) is 5.10 Å². The first kappa shape index (κ1) is 7.34. The van der Waals surface area contributed by atoms with Gasteiger partial charge in [0.15, 0.2) is 0 Å². The molecule has 1 heterocycles. The fraction of sp³-hybridized carbons (Fsp3) is 0.833. The van der Waals surface area contributed by atoms with Crippen molar-refractivity contribution in [3.8, 4) is 0 Å². The van der Waals surface area contributed by atoms with Gasteiger partial charge in [-0.1, -0.05) is 6.92 Å². The summed E-state index contributed by atoms with van der Waals surface area (Å²) < 4.78 is 0. The average Bonchev–Trinajstić information content (AvgIpc) is 2.13. The van der Waals surface area contributed by atoms with E-state index in [-0.39, 0.29) is 0 Å². The second kappa shape index (κ2) is 2.88. The van der Waals surface area contributed by atoms with E-state index in [2.05, 4.69) is 17.6 Å². The molecule has 4 heteroatoms. The Kier molecular flexibility index (Phi) is 2.11. The van der Waals surface area contributed by atoms with Crippen LogP contribution >= 0.6 is 0 Å². The second-order valence-corrected chi connectivity index (χ2v) is 2.37. The Balaban J connectivity index is 2.48. The number of hydrogen-bond acceptors (Lipinski definition) is 3. The minimum Gasteiger partial charge on any atom is -0.456 e. The molecule has 4 nitrogen and oxygen atoms in total. The summed E-state index contributed by atoms with van der Waals surface area (Å²) in [5.74, 6) is 1.05. The predicted molar refractivity (Wildman–Crippen MR) is 41.2 cm³/mol. The van der Waals surface area contributed by atoms with Crippen LogP contribution in [0.1, 0.15) is 19.8 Å². The molecule has 0 saturated carbocycles. The molecule has 0 unspecified atom stereocenters. The van der Waals surface area contributed by atoms with Gasteiger partial charge in [-0.15, -0.1) is 0 Å². The highest BCUT2D eigenvalue weighted by Gasteiger charge is 2.03. The fourth-order valence-corrected chi connectivity index (χ4v) is 0.933. The molecule has 1 aliphatic rings. The lowest BCUT2D eigenvalue weighted by molar-refractivity contribution is 0.403. The number of rotatable bonds is 2. The van der Waals surface area contributed by atoms with Crippen LogP contribution in [-0.4, -0.2) is 30.1 Å². The molecule has 1 aliphatic heterocycles. The van der Waals surface area contributed by atoms with Gasteiger partial charge in [0.25, 0.3) is 0 Å². The van der Waals surface area contributed by atoms with Crippen molar-refractivity contribution in [1.29, 1.82) is 0 Å². The van der Waals surface area contributed by atoms with E-state index in [9.17, 15) is 0 Å². The molecule has 0 aromatic heterocycles. The third-order valence-corrected chi connectivity index (χ3v) is 1.37. The van der Waals surface area contributed by atoms with Gasteiger partial charge in [-0.25, -0.2) is 0 Å². The van der Waals surface area contributed by atoms with Gasteiger partial charge < -0.3 is 15.7 Å². The van der Waals surface area contributed by atoms with Gasteiger partial charge in [0.1, 0.15) is 5.84 Å². The maximum atomic E-state index is 4.17. The molecule has 0 amide bonds. The van der Waals surface area contributed by atoms with Gasteiger partial charge in [0.05, 0.1) is 0 Å². The van der Waals surface area contributed by atoms with Crippen molar-refractivity contribution >= 4 is 5.84 Å². The number of hydrazone groups is 1. The van der Waals surface area contributed by atoms with Gasteiger partial charge in [-0.3, -0.25) is 0 Å². The smallest absolute Gasteiger partial charge is 0.107 e. The number of hydrogen-bond donors (Lipinski definition) is 0. The van der Waals surface area contributed by atoms with Gasteiger partial charge >= 0.3 is 0 Å². The van der Waals surface area contributed by atoms with E-state index >= 15 is 0 Å². The van der Waals surface area contributed by atoms with Gasteiger partial charge in [0, 0.05) is 13.5 Å². The second-order valence-electron chi connectivity index (χ2n) is 2.37. The Hall–Kier alpha value is -0.770. The third kappa shape index (κ3) is 1.39. The van der Waals surface area contributed by atoms with E-state index in [0.29, 0.717) is 0 Å². The van der Waals surface area contributed by atoms with Crippen LogP contribution in [-0.2, 0) is 0 Å². The van der Waals surface area contributed by atoms with Gasteiger partial charge in [-0.05, 0) is 13.5 Å². The molecule has 1 rings (SSSR count). The van der Waals surface area contributed by atoms with Crippen LogP contribution in [0.5, 0.6) is 0 Å². The van der Waals surface area contributed by atoms with Crippen LogP contribution in [0.25, 0.3) is 5.53 Å². The standard InChI is InChI=1S/C6H13N4/c1-4-5-6-7-10(3)8-9(6)2/h4-5H2,1-3H3/q-1. The summed E-state index contributed by atoms with van der Waals surface area (Å²) in [4.78, 5) is 0. The molecule has 0 atom stereocenters. The molecule has 0 aliphatic carbocycles. The summed E-state index contributed by atoms with van der Waals surface area (Å²) in [6.45, 7) is 2.13. The molecule has 0 spiro atoms. The quantitative estimate of drug-likeness (QED) is 0.578. The summed E-state index contributed by atoms with van der Waals surface area (Å²) >= 11 is 0. The molecule has 0 aromatic carbocycles. The summed E-state index contributed by atoms with van der Waals surface area (Å²) in [6, 6.07) is 0. The zero-order valence-electron chi connectivity index (χ0n) is 6.70. The molecule has 0 aromatic rings. The molecule has 0 radical (unpaired) electrons. The predicted octanol–water partition coefficient (Wildman–Crippen LogP) is 1.18. The first-order chi connectivity index (χ1) is 4.74. The Labute approximate surface area is 61.4 Å². The van der Waals surface area contributed by atoms with Crippen molar-refractivity contribution in [3.63, 3.8) is 0 Å². The van der Waals surface area contributed by atoms with Gasteiger partial charge in [0.2, 0.25) is 0 Å². The summed E-state index contributed by atoms with van der Waals surface area (Å²) in [5.41, 5.74) is 4.05. The highest BCUT2D eigenvalue weighted by Crippen LogP contribution is 2.13. The topological polar surface area (TPSA) is 32.9 Å². The van der Waals surface area contributed by atoms with E-state index in [4.69, 9.17) is 0 Å². The largest absolute Gasteiger partial charge is 0.456 e. The van der Waals surface area contributed by atoms with Crippen molar-refractivity contribution in [2.75, 3.05) is 14.1 Å². The average molecular weight is 141 g/mol. The molecule has 0 fully saturated rings. The van der Waals surface area contributed by atoms with Crippen LogP contribution in [0.4, 0.5) is 0 Å². The molecule has 10 heavy (non-hydrogen) atoms. The van der Waals surface area contributed by atoms with Crippen LogP contribution in [0.2, 0.25) is 0 Å². The zero-order chi connectivity index (χ0) is 7.56. The Morgan fingerprint density at radius 3 is 2.60 bits per heavy atom. The molecule has 0 N–H and O–H groups in total. The van der Waals surface area contributed by atoms with Crippen LogP contribution in [0.15, 0.2) is 5.10 Å². The monoisotopic (exact) mass is 141 g/mol. The minimum absolute atomic E-state index is 1.00. The van der Waals surface area contributed by atoms with Crippen molar-refractivity contribution in [3.05, 3.63) is 5.53 Å². The SMILES string of the molecule is CCCC1=NN(C)[N-]N1C. The molecule has 0 bridgehead atoms. The maximum Gasteiger partial charge on any atom is 0.107 e. The third-order valence-electron chi connectivity index (χ3n) is 1.37. The van der Waals surface area contributed by atoms with Crippen molar-refractivity contribution < 1.29 is 0 Å². The van der Waals surface area contributed by atoms with Crippen LogP contribution < -0.4 is 0 Å². The van der Waals surface area contributed by atoms with E-state index in [0.717, 1.165) is 18.7 Å². The van der Waals surface area contributed by atoms with E-state index in [1.165, 1.54) is 0 Å². The summed E-state index contributed by atoms with van der Waals surface area (Å²) in [6.07, 6.45) is 2.12. The van der Waals surface area contributed by atoms with E-state index < -0.39 is 0 Å². The van der Waals surface area contributed by atoms with Crippen molar-refractivity contribution in [2.45, 2.75) is 19.8 Å². The Bertz CT molecular complexity index is 143. The lowest BCUT2D eigenvalue weighted by Gasteiger charge is -2.31. The van der Waals surface area contributed by atoms with Crippen molar-refractivity contribution in [2.24, 2.45) is 5.10 Å². The molecular weight excluding hydrogens is 128 g/mol. The maximum absolute atomic E-state index is 4.17. The van der Waals surface area contributed by atoms with Crippen LogP contribution in [0.3, 0.4) is 0 Å². The first-order valence-electron chi connectivity index (χ1n) is 3.50. The Morgan fingerprint density at radius 2 is 2.20 bits per heavy atom. The molecular formula is C6H13N4-. The molecule has 58 valence electrons. The lowest BCUT2D eigenvalue weighted by Crippen LogP contribution is -2.17. The lowest BCUT2D eigenvalue weighted by atomic mass is 10.3. The summed E-state index contributed by atoms with van der Waals surface area (Å²) in [5, 5.41) is 7.57. The Morgan fingerprint density at radius 1 is 1.50 bits per heavy atom. The normalized spacial score (nSPS) is 18.1. The van der Waals surface area contributed by atoms with Crippen molar-refractivity contribution in [1.82, 2.24) is 10.1 Å². The zero-order valence-corrected chi connectivity index (χ0v) is 6.70. The summed E-state index contributed by atoms with van der Waals surface area (Å²) in [7, 11) is 3.75. The van der Waals surface area contributed by atoms with Crippen LogP contribution in [0, 0.1) is 0 Å². The molecule has 0 saturated heterocycles. The number of nitrogens with zero attached hydrogens (tertiary/aromatic N) is 4. The number of amidine groups is 1. The highest BCUT2D eigenvalue weighted by atomic mass is 15.9. The van der Waals surface area contributed by atoms with E-state index in [1.807, 2.05) is 19.1 Å². The fourth-order valence-electron chi connectivity index (χ4n) is 0.933. The minimum atomic E-state index is 1.00. The van der Waals surface area contributed by atoms with E-state index in [1.54, 1.807) is 5.12 Å². The highest BCUT2D eigenvalue weighted by molar-refractivity contribution is 5.83.